The van der Waals surface area contributed by atoms with Crippen LogP contribution in [0.25, 0.3) is 0 Å². The van der Waals surface area contributed by atoms with E-state index in [1.165, 1.54) is 12.1 Å². The van der Waals surface area contributed by atoms with E-state index in [1.807, 2.05) is 0 Å². The fourth-order valence-corrected chi connectivity index (χ4v) is 2.54. The molecule has 0 heterocycles. The summed E-state index contributed by atoms with van der Waals surface area (Å²) in [6.07, 6.45) is 6.64. The molecule has 2 rings (SSSR count). The van der Waals surface area contributed by atoms with Gasteiger partial charge in [0.15, 0.2) is 0 Å². The van der Waals surface area contributed by atoms with Crippen molar-refractivity contribution >= 4 is 17.6 Å². The molecule has 0 amide bonds. The van der Waals surface area contributed by atoms with Crippen LogP contribution in [0.3, 0.4) is 0 Å². The summed E-state index contributed by atoms with van der Waals surface area (Å²) in [4.78, 5) is 0. The molecule has 0 aliphatic carbocycles. The molecule has 0 saturated heterocycles. The zero-order valence-electron chi connectivity index (χ0n) is 12.2. The number of benzene rings is 2. The van der Waals surface area contributed by atoms with Crippen molar-refractivity contribution in [3.8, 4) is 0 Å². The predicted octanol–water partition coefficient (Wildman–Crippen LogP) is 3.93. The summed E-state index contributed by atoms with van der Waals surface area (Å²) >= 11 is 0. The van der Waals surface area contributed by atoms with Crippen LogP contribution < -0.4 is 10.9 Å². The first-order valence-electron chi connectivity index (χ1n) is 7.38. The summed E-state index contributed by atoms with van der Waals surface area (Å²) in [7, 11) is 0. The summed E-state index contributed by atoms with van der Waals surface area (Å²) in [5, 5.41) is 0. The summed E-state index contributed by atoms with van der Waals surface area (Å²) in [5.41, 5.74) is 1.12. The van der Waals surface area contributed by atoms with Gasteiger partial charge in [-0.05, 0) is 35.9 Å². The first-order valence-corrected chi connectivity index (χ1v) is 7.38. The molecule has 0 radical (unpaired) electrons. The normalized spacial score (nSPS) is 11.0. The Morgan fingerprint density at radius 1 is 0.857 bits per heavy atom. The maximum absolute atomic E-state index is 14.1. The summed E-state index contributed by atoms with van der Waals surface area (Å²) in [6.45, 7) is 1.82. The van der Waals surface area contributed by atoms with Gasteiger partial charge >= 0.3 is 0 Å². The van der Waals surface area contributed by atoms with E-state index in [2.05, 4.69) is 19.1 Å². The van der Waals surface area contributed by atoms with Gasteiger partial charge in [0, 0.05) is 0 Å². The molecule has 0 aromatic heterocycles. The first-order chi connectivity index (χ1) is 10.2. The van der Waals surface area contributed by atoms with E-state index in [4.69, 9.17) is 0 Å². The SMILES string of the molecule is CCC=CCCB(c1ccccc1F)c1ccccc1F. The third-order valence-electron chi connectivity index (χ3n) is 3.59. The van der Waals surface area contributed by atoms with Crippen molar-refractivity contribution in [3.05, 3.63) is 72.3 Å². The molecular weight excluding hydrogens is 265 g/mol. The van der Waals surface area contributed by atoms with E-state index in [-0.39, 0.29) is 18.3 Å². The molecule has 3 heteroatoms. The Kier molecular flexibility index (Phi) is 5.73. The van der Waals surface area contributed by atoms with Gasteiger partial charge in [0.2, 0.25) is 6.71 Å². The number of hydrogen-bond acceptors (Lipinski definition) is 0. The van der Waals surface area contributed by atoms with Crippen LogP contribution in [0.5, 0.6) is 0 Å². The van der Waals surface area contributed by atoms with E-state index in [0.29, 0.717) is 17.2 Å². The van der Waals surface area contributed by atoms with Gasteiger partial charge in [0.1, 0.15) is 11.6 Å². The second-order valence-electron chi connectivity index (χ2n) is 5.05. The second-order valence-corrected chi connectivity index (χ2v) is 5.05. The fourth-order valence-electron chi connectivity index (χ4n) is 2.54. The van der Waals surface area contributed by atoms with Crippen LogP contribution in [0.15, 0.2) is 60.7 Å². The number of allylic oxidation sites excluding steroid dienone is 2. The maximum Gasteiger partial charge on any atom is 0.217 e. The molecule has 0 unspecified atom stereocenters. The number of hydrogen-bond donors (Lipinski definition) is 0. The van der Waals surface area contributed by atoms with Crippen LogP contribution in [0.2, 0.25) is 6.32 Å². The lowest BCUT2D eigenvalue weighted by Crippen LogP contribution is -2.45. The molecule has 0 bridgehead atoms. The van der Waals surface area contributed by atoms with Gasteiger partial charge in [-0.15, -0.1) is 0 Å². The van der Waals surface area contributed by atoms with E-state index in [1.54, 1.807) is 36.4 Å². The topological polar surface area (TPSA) is 0 Å². The molecule has 0 N–H and O–H groups in total. The highest BCUT2D eigenvalue weighted by Gasteiger charge is 2.23. The first kappa shape index (κ1) is 15.5. The summed E-state index contributed by atoms with van der Waals surface area (Å²) in [6, 6.07) is 13.3. The average Bonchev–Trinajstić information content (AvgIpc) is 2.50. The molecule has 108 valence electrons. The van der Waals surface area contributed by atoms with Crippen LogP contribution in [0.1, 0.15) is 19.8 Å². The van der Waals surface area contributed by atoms with Crippen molar-refractivity contribution in [2.45, 2.75) is 26.1 Å². The third-order valence-corrected chi connectivity index (χ3v) is 3.59. The Bertz CT molecular complexity index is 562. The number of rotatable bonds is 6. The fraction of sp³-hybridized carbons (Fsp3) is 0.222. The minimum atomic E-state index is -0.273. The molecule has 2 aromatic carbocycles. The monoisotopic (exact) mass is 284 g/mol. The Labute approximate surface area is 125 Å². The summed E-state index contributed by atoms with van der Waals surface area (Å²) < 4.78 is 28.2. The van der Waals surface area contributed by atoms with E-state index >= 15 is 0 Å². The molecule has 0 aliphatic heterocycles. The van der Waals surface area contributed by atoms with Crippen molar-refractivity contribution in [1.29, 1.82) is 0 Å². The standard InChI is InChI=1S/C18H19BF2/c1-2-3-4-9-14-19(15-10-5-7-12-17(15)20)16-11-6-8-13-18(16)21/h3-8,10-13H,2,9,14H2,1H3. The molecule has 0 fully saturated rings. The van der Waals surface area contributed by atoms with E-state index in [9.17, 15) is 8.78 Å². The Morgan fingerprint density at radius 3 is 1.86 bits per heavy atom. The molecule has 0 saturated carbocycles. The van der Waals surface area contributed by atoms with Crippen LogP contribution in [0, 0.1) is 11.6 Å². The highest BCUT2D eigenvalue weighted by atomic mass is 19.1. The minimum Gasteiger partial charge on any atom is -0.208 e. The molecule has 0 atom stereocenters. The number of halogens is 2. The zero-order chi connectivity index (χ0) is 15.1. The Hall–Kier alpha value is -1.90. The maximum atomic E-state index is 14.1. The largest absolute Gasteiger partial charge is 0.217 e. The zero-order valence-corrected chi connectivity index (χ0v) is 12.2. The van der Waals surface area contributed by atoms with Crippen LogP contribution in [-0.4, -0.2) is 6.71 Å². The van der Waals surface area contributed by atoms with Gasteiger partial charge in [0.25, 0.3) is 0 Å². The van der Waals surface area contributed by atoms with Crippen molar-refractivity contribution in [2.24, 2.45) is 0 Å². The lowest BCUT2D eigenvalue weighted by molar-refractivity contribution is 0.632. The van der Waals surface area contributed by atoms with Gasteiger partial charge < -0.3 is 0 Å². The van der Waals surface area contributed by atoms with Gasteiger partial charge in [-0.1, -0.05) is 61.8 Å². The smallest absolute Gasteiger partial charge is 0.208 e. The second kappa shape index (κ2) is 7.77. The van der Waals surface area contributed by atoms with Crippen LogP contribution >= 0.6 is 0 Å². The van der Waals surface area contributed by atoms with Gasteiger partial charge in [-0.2, -0.15) is 0 Å². The molecule has 0 spiro atoms. The highest BCUT2D eigenvalue weighted by Crippen LogP contribution is 2.07. The van der Waals surface area contributed by atoms with Crippen LogP contribution in [0.4, 0.5) is 8.78 Å². The van der Waals surface area contributed by atoms with Crippen molar-refractivity contribution in [2.75, 3.05) is 0 Å². The van der Waals surface area contributed by atoms with Crippen molar-refractivity contribution < 1.29 is 8.78 Å². The molecule has 2 aromatic rings. The molecule has 21 heavy (non-hydrogen) atoms. The molecule has 0 aliphatic rings. The third kappa shape index (κ3) is 4.04. The average molecular weight is 284 g/mol. The predicted molar refractivity (Wildman–Crippen MR) is 86.7 cm³/mol. The molecular formula is C18H19BF2. The van der Waals surface area contributed by atoms with E-state index in [0.717, 1.165) is 12.8 Å². The van der Waals surface area contributed by atoms with Gasteiger partial charge in [-0.3, -0.25) is 0 Å². The highest BCUT2D eigenvalue weighted by molar-refractivity contribution is 6.85. The van der Waals surface area contributed by atoms with Crippen LogP contribution in [-0.2, 0) is 0 Å². The molecule has 0 nitrogen and oxygen atoms in total. The Balaban J connectivity index is 2.33. The lowest BCUT2D eigenvalue weighted by atomic mass is 9.38. The van der Waals surface area contributed by atoms with E-state index < -0.39 is 0 Å². The lowest BCUT2D eigenvalue weighted by Gasteiger charge is -2.15. The van der Waals surface area contributed by atoms with Crippen molar-refractivity contribution in [1.82, 2.24) is 0 Å². The Morgan fingerprint density at radius 2 is 1.38 bits per heavy atom. The van der Waals surface area contributed by atoms with Crippen molar-refractivity contribution in [3.63, 3.8) is 0 Å². The minimum absolute atomic E-state index is 0.256. The quantitative estimate of drug-likeness (QED) is 0.557. The summed E-state index contributed by atoms with van der Waals surface area (Å²) in [5.74, 6) is -0.546. The van der Waals surface area contributed by atoms with Gasteiger partial charge in [-0.25, -0.2) is 8.78 Å². The van der Waals surface area contributed by atoms with Gasteiger partial charge in [0.05, 0.1) is 0 Å².